The number of morpholine rings is 1. The molecule has 1 aliphatic heterocycles. The Morgan fingerprint density at radius 3 is 2.67 bits per heavy atom. The van der Waals surface area contributed by atoms with E-state index in [1.807, 2.05) is 36.9 Å². The summed E-state index contributed by atoms with van der Waals surface area (Å²) >= 11 is 0. The first kappa shape index (κ1) is 18.9. The van der Waals surface area contributed by atoms with Crippen molar-refractivity contribution in [3.63, 3.8) is 0 Å². The first-order valence-electron chi connectivity index (χ1n) is 8.84. The molecule has 8 nitrogen and oxygen atoms in total. The third kappa shape index (κ3) is 4.11. The van der Waals surface area contributed by atoms with Crippen LogP contribution in [0.15, 0.2) is 23.0 Å². The second-order valence-corrected chi connectivity index (χ2v) is 6.77. The molecular formula is C19H24N4O4. The largest absolute Gasteiger partial charge is 0.501 e. The van der Waals surface area contributed by atoms with Gasteiger partial charge in [0.2, 0.25) is 11.7 Å². The molecule has 1 aromatic carbocycles. The maximum absolute atomic E-state index is 12.8. The van der Waals surface area contributed by atoms with Crippen molar-refractivity contribution in [2.24, 2.45) is 0 Å². The fourth-order valence-corrected chi connectivity index (χ4v) is 2.96. The number of anilines is 1. The van der Waals surface area contributed by atoms with Crippen molar-refractivity contribution in [2.45, 2.75) is 20.4 Å². The Morgan fingerprint density at radius 1 is 1.30 bits per heavy atom. The molecule has 0 spiro atoms. The van der Waals surface area contributed by atoms with Gasteiger partial charge in [0.1, 0.15) is 0 Å². The van der Waals surface area contributed by atoms with Gasteiger partial charge in [0.15, 0.2) is 5.69 Å². The van der Waals surface area contributed by atoms with Crippen LogP contribution in [-0.4, -0.2) is 59.2 Å². The predicted molar refractivity (Wildman–Crippen MR) is 101 cm³/mol. The van der Waals surface area contributed by atoms with Gasteiger partial charge in [-0.2, -0.15) is 0 Å². The molecule has 3 rings (SSSR count). The Morgan fingerprint density at radius 2 is 2.00 bits per heavy atom. The van der Waals surface area contributed by atoms with E-state index in [4.69, 9.17) is 4.74 Å². The molecule has 0 bridgehead atoms. The van der Waals surface area contributed by atoms with Crippen LogP contribution < -0.4 is 10.5 Å². The number of hydrogen-bond acceptors (Lipinski definition) is 6. The fraction of sp³-hybridized carbons (Fsp3) is 0.421. The molecule has 27 heavy (non-hydrogen) atoms. The molecule has 1 saturated heterocycles. The third-order valence-electron chi connectivity index (χ3n) is 4.73. The predicted octanol–water partition coefficient (Wildman–Crippen LogP) is 1.20. The molecule has 0 aliphatic carbocycles. The number of aromatic nitrogens is 2. The lowest BCUT2D eigenvalue weighted by Crippen LogP contribution is -2.39. The zero-order chi connectivity index (χ0) is 19.6. The highest BCUT2D eigenvalue weighted by Gasteiger charge is 2.24. The van der Waals surface area contributed by atoms with E-state index in [0.29, 0.717) is 32.8 Å². The normalized spacial score (nSPS) is 14.3. The van der Waals surface area contributed by atoms with E-state index in [-0.39, 0.29) is 11.6 Å². The van der Waals surface area contributed by atoms with E-state index in [9.17, 15) is 14.7 Å². The highest BCUT2D eigenvalue weighted by Crippen LogP contribution is 2.18. The topological polar surface area (TPSA) is 98.8 Å². The van der Waals surface area contributed by atoms with Crippen LogP contribution in [0.3, 0.4) is 0 Å². The van der Waals surface area contributed by atoms with E-state index < -0.39 is 17.2 Å². The van der Waals surface area contributed by atoms with E-state index >= 15 is 0 Å². The molecule has 1 fully saturated rings. The lowest BCUT2D eigenvalue weighted by molar-refractivity contribution is 0.0775. The van der Waals surface area contributed by atoms with Crippen LogP contribution in [0.25, 0.3) is 0 Å². The Bertz CT molecular complexity index is 903. The number of benzene rings is 1. The van der Waals surface area contributed by atoms with Gasteiger partial charge in [-0.3, -0.25) is 14.6 Å². The van der Waals surface area contributed by atoms with E-state index in [0.717, 1.165) is 11.1 Å². The molecule has 0 atom stereocenters. The number of aryl methyl sites for hydroxylation is 2. The molecule has 2 heterocycles. The highest BCUT2D eigenvalue weighted by atomic mass is 16.5. The Kier molecular flexibility index (Phi) is 5.46. The highest BCUT2D eigenvalue weighted by molar-refractivity contribution is 5.94. The van der Waals surface area contributed by atoms with Gasteiger partial charge in [-0.05, 0) is 30.5 Å². The number of nitrogens with zero attached hydrogens (tertiary/aromatic N) is 3. The number of rotatable bonds is 4. The second-order valence-electron chi connectivity index (χ2n) is 6.77. The average molecular weight is 372 g/mol. The zero-order valence-corrected chi connectivity index (χ0v) is 15.8. The number of aromatic hydroxyl groups is 1. The van der Waals surface area contributed by atoms with Crippen LogP contribution in [-0.2, 0) is 11.3 Å². The lowest BCUT2D eigenvalue weighted by atomic mass is 10.1. The number of ether oxygens (including phenoxy) is 1. The summed E-state index contributed by atoms with van der Waals surface area (Å²) in [6, 6.07) is 5.97. The first-order chi connectivity index (χ1) is 12.9. The molecule has 8 heteroatoms. The lowest BCUT2D eigenvalue weighted by Gasteiger charge is -2.27. The summed E-state index contributed by atoms with van der Waals surface area (Å²) in [7, 11) is 1.62. The van der Waals surface area contributed by atoms with Crippen LogP contribution in [0.1, 0.15) is 27.2 Å². The van der Waals surface area contributed by atoms with Gasteiger partial charge < -0.3 is 19.6 Å². The van der Waals surface area contributed by atoms with E-state index in [1.54, 1.807) is 7.05 Å². The van der Waals surface area contributed by atoms with E-state index in [2.05, 4.69) is 9.97 Å². The van der Waals surface area contributed by atoms with Crippen molar-refractivity contribution >= 4 is 11.9 Å². The van der Waals surface area contributed by atoms with Gasteiger partial charge in [0.05, 0.1) is 13.2 Å². The first-order valence-corrected chi connectivity index (χ1v) is 8.84. The monoisotopic (exact) mass is 372 g/mol. The second kappa shape index (κ2) is 7.79. The number of amides is 1. The summed E-state index contributed by atoms with van der Waals surface area (Å²) < 4.78 is 5.29. The fourth-order valence-electron chi connectivity index (χ4n) is 2.96. The van der Waals surface area contributed by atoms with Gasteiger partial charge in [-0.25, -0.2) is 4.98 Å². The number of aromatic amines is 1. The van der Waals surface area contributed by atoms with Crippen molar-refractivity contribution in [3.05, 3.63) is 50.9 Å². The maximum atomic E-state index is 12.8. The molecule has 2 aromatic rings. The number of H-pyrrole nitrogens is 1. The van der Waals surface area contributed by atoms with Gasteiger partial charge in [0, 0.05) is 26.7 Å². The molecule has 144 valence electrons. The standard InChI is InChI=1S/C19H24N4O4/c1-12-4-5-14(10-13(12)2)11-22(3)18(26)15-16(24)17(25)21-19(20-15)23-6-8-27-9-7-23/h4-5,10,24H,6-9,11H2,1-3H3,(H,20,21,25). The zero-order valence-electron chi connectivity index (χ0n) is 15.8. The molecule has 1 amide bonds. The van der Waals surface area contributed by atoms with Crippen LogP contribution in [0, 0.1) is 13.8 Å². The van der Waals surface area contributed by atoms with Crippen molar-refractivity contribution in [1.29, 1.82) is 0 Å². The van der Waals surface area contributed by atoms with Crippen molar-refractivity contribution in [1.82, 2.24) is 14.9 Å². The van der Waals surface area contributed by atoms with Crippen LogP contribution in [0.5, 0.6) is 5.75 Å². The van der Waals surface area contributed by atoms with Crippen molar-refractivity contribution in [2.75, 3.05) is 38.3 Å². The minimum atomic E-state index is -0.727. The summed E-state index contributed by atoms with van der Waals surface area (Å²) in [6.07, 6.45) is 0. The number of carbonyl (C=O) groups is 1. The average Bonchev–Trinajstić information content (AvgIpc) is 2.67. The summed E-state index contributed by atoms with van der Waals surface area (Å²) in [4.78, 5) is 34.9. The smallest absolute Gasteiger partial charge is 0.295 e. The summed E-state index contributed by atoms with van der Waals surface area (Å²) in [6.45, 7) is 6.53. The summed E-state index contributed by atoms with van der Waals surface area (Å²) in [5, 5.41) is 10.1. The van der Waals surface area contributed by atoms with Gasteiger partial charge in [-0.15, -0.1) is 0 Å². The van der Waals surface area contributed by atoms with Gasteiger partial charge >= 0.3 is 0 Å². The molecule has 1 aliphatic rings. The van der Waals surface area contributed by atoms with Crippen LogP contribution in [0.4, 0.5) is 5.95 Å². The minimum absolute atomic E-state index is 0.244. The van der Waals surface area contributed by atoms with E-state index in [1.165, 1.54) is 10.5 Å². The van der Waals surface area contributed by atoms with Crippen LogP contribution in [0.2, 0.25) is 0 Å². The summed E-state index contributed by atoms with van der Waals surface area (Å²) in [5.74, 6) is -0.903. The van der Waals surface area contributed by atoms with Crippen LogP contribution >= 0.6 is 0 Å². The number of hydrogen-bond donors (Lipinski definition) is 2. The van der Waals surface area contributed by atoms with Gasteiger partial charge in [0.25, 0.3) is 11.5 Å². The van der Waals surface area contributed by atoms with Crippen molar-refractivity contribution in [3.8, 4) is 5.75 Å². The molecular weight excluding hydrogens is 348 g/mol. The SMILES string of the molecule is Cc1ccc(CN(C)C(=O)c2nc(N3CCOCC3)[nH]c(=O)c2O)cc1C. The minimum Gasteiger partial charge on any atom is -0.501 e. The Balaban J connectivity index is 1.85. The Labute approximate surface area is 157 Å². The Hall–Kier alpha value is -2.87. The molecule has 0 saturated carbocycles. The number of carbonyl (C=O) groups excluding carboxylic acids is 1. The quantitative estimate of drug-likeness (QED) is 0.837. The third-order valence-corrected chi connectivity index (χ3v) is 4.73. The molecule has 0 radical (unpaired) electrons. The molecule has 1 aromatic heterocycles. The summed E-state index contributed by atoms with van der Waals surface area (Å²) in [5.41, 5.74) is 2.31. The molecule has 0 unspecified atom stereocenters. The van der Waals surface area contributed by atoms with Gasteiger partial charge in [-0.1, -0.05) is 18.2 Å². The molecule has 2 N–H and O–H groups in total. The maximum Gasteiger partial charge on any atom is 0.295 e. The number of nitrogens with one attached hydrogen (secondary N) is 1. The van der Waals surface area contributed by atoms with Crippen molar-refractivity contribution < 1.29 is 14.6 Å².